The Bertz CT molecular complexity index is 724. The molecule has 0 bridgehead atoms. The van der Waals surface area contributed by atoms with E-state index in [1.807, 2.05) is 13.0 Å². The lowest BCUT2D eigenvalue weighted by Crippen LogP contribution is -2.19. The number of aryl methyl sites for hydroxylation is 2. The smallest absolute Gasteiger partial charge is 0.229 e. The highest BCUT2D eigenvalue weighted by atomic mass is 16.5. The highest BCUT2D eigenvalue weighted by Gasteiger charge is 2.16. The first kappa shape index (κ1) is 17.7. The summed E-state index contributed by atoms with van der Waals surface area (Å²) in [6, 6.07) is 8.34. The molecule has 1 atom stereocenters. The maximum atomic E-state index is 5.67. The van der Waals surface area contributed by atoms with Crippen LogP contribution in [0.15, 0.2) is 24.3 Å². The quantitative estimate of drug-likeness (QED) is 0.808. The standard InChI is InChI=1S/C20H28N4O/c1-13(2)17-9-5-7-14(3)19(17)24-20-22-15(4)11-18(23-20)21-12-16-8-6-10-25-16/h5,7,9,11,13,16H,6,8,10,12H2,1-4H3,(H2,21,22,23,24). The third-order valence-corrected chi connectivity index (χ3v) is 4.55. The third kappa shape index (κ3) is 4.48. The van der Waals surface area contributed by atoms with Crippen LogP contribution < -0.4 is 10.6 Å². The van der Waals surface area contributed by atoms with Crippen molar-refractivity contribution in [1.29, 1.82) is 0 Å². The topological polar surface area (TPSA) is 59.1 Å². The average molecular weight is 340 g/mol. The average Bonchev–Trinajstić information content (AvgIpc) is 3.07. The molecule has 2 aromatic rings. The van der Waals surface area contributed by atoms with Gasteiger partial charge < -0.3 is 15.4 Å². The molecule has 0 saturated carbocycles. The molecule has 0 aliphatic carbocycles. The van der Waals surface area contributed by atoms with Gasteiger partial charge in [-0.1, -0.05) is 32.0 Å². The van der Waals surface area contributed by atoms with Crippen LogP contribution in [-0.2, 0) is 4.74 Å². The van der Waals surface area contributed by atoms with Crippen molar-refractivity contribution < 1.29 is 4.74 Å². The van der Waals surface area contributed by atoms with Gasteiger partial charge in [-0.15, -0.1) is 0 Å². The fourth-order valence-electron chi connectivity index (χ4n) is 3.19. The molecule has 0 spiro atoms. The van der Waals surface area contributed by atoms with Crippen LogP contribution in [0.2, 0.25) is 0 Å². The summed E-state index contributed by atoms with van der Waals surface area (Å²) < 4.78 is 5.67. The van der Waals surface area contributed by atoms with Crippen LogP contribution in [0.4, 0.5) is 17.5 Å². The van der Waals surface area contributed by atoms with Crippen molar-refractivity contribution >= 4 is 17.5 Å². The second-order valence-corrected chi connectivity index (χ2v) is 7.05. The molecule has 1 saturated heterocycles. The van der Waals surface area contributed by atoms with Crippen LogP contribution in [-0.4, -0.2) is 29.2 Å². The van der Waals surface area contributed by atoms with Gasteiger partial charge in [-0.2, -0.15) is 4.98 Å². The summed E-state index contributed by atoms with van der Waals surface area (Å²) in [6.45, 7) is 10.2. The second kappa shape index (κ2) is 7.83. The Labute approximate surface area is 150 Å². The zero-order valence-electron chi connectivity index (χ0n) is 15.6. The summed E-state index contributed by atoms with van der Waals surface area (Å²) in [5.74, 6) is 1.90. The second-order valence-electron chi connectivity index (χ2n) is 7.05. The van der Waals surface area contributed by atoms with Crippen molar-refractivity contribution in [3.8, 4) is 0 Å². The number of nitrogens with one attached hydrogen (secondary N) is 2. The van der Waals surface area contributed by atoms with E-state index in [1.54, 1.807) is 0 Å². The molecule has 134 valence electrons. The summed E-state index contributed by atoms with van der Waals surface area (Å²) in [5, 5.41) is 6.83. The molecule has 5 heteroatoms. The van der Waals surface area contributed by atoms with Crippen LogP contribution in [0.1, 0.15) is 49.4 Å². The van der Waals surface area contributed by atoms with E-state index in [9.17, 15) is 0 Å². The Morgan fingerprint density at radius 2 is 2.08 bits per heavy atom. The summed E-state index contributed by atoms with van der Waals surface area (Å²) in [6.07, 6.45) is 2.55. The number of hydrogen-bond acceptors (Lipinski definition) is 5. The van der Waals surface area contributed by atoms with Crippen LogP contribution in [0.3, 0.4) is 0 Å². The summed E-state index contributed by atoms with van der Waals surface area (Å²) >= 11 is 0. The van der Waals surface area contributed by atoms with Gasteiger partial charge in [0.1, 0.15) is 5.82 Å². The lowest BCUT2D eigenvalue weighted by atomic mass is 9.98. The summed E-state index contributed by atoms with van der Waals surface area (Å²) in [7, 11) is 0. The van der Waals surface area contributed by atoms with E-state index in [4.69, 9.17) is 4.74 Å². The molecule has 1 fully saturated rings. The molecule has 2 N–H and O–H groups in total. The van der Waals surface area contributed by atoms with E-state index in [1.165, 1.54) is 11.1 Å². The van der Waals surface area contributed by atoms with Gasteiger partial charge in [-0.3, -0.25) is 0 Å². The molecule has 25 heavy (non-hydrogen) atoms. The Hall–Kier alpha value is -2.14. The Balaban J connectivity index is 1.79. The fraction of sp³-hybridized carbons (Fsp3) is 0.500. The molecule has 2 heterocycles. The van der Waals surface area contributed by atoms with Crippen molar-refractivity contribution in [3.63, 3.8) is 0 Å². The number of rotatable bonds is 6. The normalized spacial score (nSPS) is 17.1. The zero-order valence-corrected chi connectivity index (χ0v) is 15.6. The van der Waals surface area contributed by atoms with Crippen molar-refractivity contribution in [1.82, 2.24) is 9.97 Å². The first-order chi connectivity index (χ1) is 12.0. The number of para-hydroxylation sites is 1. The molecule has 0 amide bonds. The first-order valence-electron chi connectivity index (χ1n) is 9.10. The predicted octanol–water partition coefficient (Wildman–Crippen LogP) is 4.55. The van der Waals surface area contributed by atoms with Gasteiger partial charge in [0.2, 0.25) is 5.95 Å². The molecule has 0 radical (unpaired) electrons. The SMILES string of the molecule is Cc1cc(NCC2CCCO2)nc(Nc2c(C)cccc2C(C)C)n1. The zero-order chi connectivity index (χ0) is 17.8. The van der Waals surface area contributed by atoms with E-state index in [0.717, 1.165) is 43.2 Å². The number of hydrogen-bond donors (Lipinski definition) is 2. The Morgan fingerprint density at radius 3 is 2.80 bits per heavy atom. The van der Waals surface area contributed by atoms with Crippen LogP contribution in [0, 0.1) is 13.8 Å². The Kier molecular flexibility index (Phi) is 5.53. The van der Waals surface area contributed by atoms with E-state index in [0.29, 0.717) is 11.9 Å². The largest absolute Gasteiger partial charge is 0.376 e. The maximum absolute atomic E-state index is 5.67. The molecule has 1 aliphatic heterocycles. The molecule has 1 aliphatic rings. The lowest BCUT2D eigenvalue weighted by Gasteiger charge is -2.17. The number of anilines is 3. The van der Waals surface area contributed by atoms with Crippen molar-refractivity contribution in [3.05, 3.63) is 41.1 Å². The number of ether oxygens (including phenoxy) is 1. The lowest BCUT2D eigenvalue weighted by molar-refractivity contribution is 0.120. The van der Waals surface area contributed by atoms with E-state index < -0.39 is 0 Å². The van der Waals surface area contributed by atoms with Gasteiger partial charge >= 0.3 is 0 Å². The predicted molar refractivity (Wildman–Crippen MR) is 103 cm³/mol. The van der Waals surface area contributed by atoms with Crippen molar-refractivity contribution in [2.24, 2.45) is 0 Å². The van der Waals surface area contributed by atoms with Crippen LogP contribution in [0.5, 0.6) is 0 Å². The molecule has 3 rings (SSSR count). The fourth-order valence-corrected chi connectivity index (χ4v) is 3.19. The maximum Gasteiger partial charge on any atom is 0.229 e. The molecule has 1 aromatic heterocycles. The third-order valence-electron chi connectivity index (χ3n) is 4.55. The van der Waals surface area contributed by atoms with Gasteiger partial charge in [-0.05, 0) is 43.7 Å². The summed E-state index contributed by atoms with van der Waals surface area (Å²) in [5.41, 5.74) is 4.52. The molecular formula is C20H28N4O. The number of benzene rings is 1. The summed E-state index contributed by atoms with van der Waals surface area (Å²) in [4.78, 5) is 9.20. The van der Waals surface area contributed by atoms with Crippen LogP contribution >= 0.6 is 0 Å². The van der Waals surface area contributed by atoms with Gasteiger partial charge in [0, 0.05) is 30.6 Å². The molecular weight excluding hydrogens is 312 g/mol. The van der Waals surface area contributed by atoms with E-state index in [-0.39, 0.29) is 6.10 Å². The van der Waals surface area contributed by atoms with Crippen LogP contribution in [0.25, 0.3) is 0 Å². The molecule has 1 unspecified atom stereocenters. The monoisotopic (exact) mass is 340 g/mol. The minimum Gasteiger partial charge on any atom is -0.376 e. The minimum absolute atomic E-state index is 0.288. The molecule has 1 aromatic carbocycles. The molecule has 5 nitrogen and oxygen atoms in total. The first-order valence-corrected chi connectivity index (χ1v) is 9.10. The van der Waals surface area contributed by atoms with Gasteiger partial charge in [0.05, 0.1) is 6.10 Å². The van der Waals surface area contributed by atoms with Crippen molar-refractivity contribution in [2.75, 3.05) is 23.8 Å². The highest BCUT2D eigenvalue weighted by Crippen LogP contribution is 2.29. The van der Waals surface area contributed by atoms with E-state index >= 15 is 0 Å². The Morgan fingerprint density at radius 1 is 1.24 bits per heavy atom. The van der Waals surface area contributed by atoms with E-state index in [2.05, 4.69) is 59.6 Å². The van der Waals surface area contributed by atoms with Gasteiger partial charge in [0.15, 0.2) is 0 Å². The van der Waals surface area contributed by atoms with Gasteiger partial charge in [-0.25, -0.2) is 4.98 Å². The minimum atomic E-state index is 0.288. The van der Waals surface area contributed by atoms with Gasteiger partial charge in [0.25, 0.3) is 0 Å². The van der Waals surface area contributed by atoms with Crippen molar-refractivity contribution in [2.45, 2.75) is 52.6 Å². The highest BCUT2D eigenvalue weighted by molar-refractivity contribution is 5.64. The number of aromatic nitrogens is 2. The number of nitrogens with zero attached hydrogens (tertiary/aromatic N) is 2.